The lowest BCUT2D eigenvalue weighted by Gasteiger charge is -2.23. The number of amides is 1. The van der Waals surface area contributed by atoms with Gasteiger partial charge >= 0.3 is 0 Å². The van der Waals surface area contributed by atoms with E-state index in [1.807, 2.05) is 36.2 Å². The summed E-state index contributed by atoms with van der Waals surface area (Å²) in [6.07, 6.45) is 3.90. The van der Waals surface area contributed by atoms with Crippen molar-refractivity contribution in [2.45, 2.75) is 25.4 Å². The van der Waals surface area contributed by atoms with E-state index >= 15 is 0 Å². The van der Waals surface area contributed by atoms with Crippen LogP contribution in [0, 0.1) is 0 Å². The van der Waals surface area contributed by atoms with E-state index in [4.69, 9.17) is 17.3 Å². The topological polar surface area (TPSA) is 51.3 Å². The van der Waals surface area contributed by atoms with Gasteiger partial charge in [0.15, 0.2) is 0 Å². The van der Waals surface area contributed by atoms with Crippen molar-refractivity contribution >= 4 is 23.2 Å². The molecule has 1 fully saturated rings. The first-order chi connectivity index (χ1) is 10.0. The molecule has 1 aromatic carbocycles. The number of rotatable bonds is 4. The zero-order valence-electron chi connectivity index (χ0n) is 11.9. The molecule has 21 heavy (non-hydrogen) atoms. The minimum Gasteiger partial charge on any atom is -0.397 e. The molecule has 1 amide bonds. The Morgan fingerprint density at radius 3 is 2.57 bits per heavy atom. The summed E-state index contributed by atoms with van der Waals surface area (Å²) < 4.78 is 1.79. The molecule has 4 nitrogen and oxygen atoms in total. The van der Waals surface area contributed by atoms with Crippen molar-refractivity contribution in [2.75, 3.05) is 5.73 Å². The first-order valence-corrected chi connectivity index (χ1v) is 7.39. The molecule has 1 heterocycles. The Labute approximate surface area is 129 Å². The van der Waals surface area contributed by atoms with Crippen molar-refractivity contribution in [2.24, 2.45) is 7.05 Å². The van der Waals surface area contributed by atoms with Gasteiger partial charge in [0.2, 0.25) is 0 Å². The quantitative estimate of drug-likeness (QED) is 0.943. The second-order valence-corrected chi connectivity index (χ2v) is 6.00. The van der Waals surface area contributed by atoms with Crippen LogP contribution in [0.5, 0.6) is 0 Å². The summed E-state index contributed by atoms with van der Waals surface area (Å²) in [6, 6.07) is 9.71. The van der Waals surface area contributed by atoms with Crippen molar-refractivity contribution in [3.8, 4) is 0 Å². The maximum Gasteiger partial charge on any atom is 0.271 e. The molecule has 1 aliphatic carbocycles. The average molecular weight is 304 g/mol. The van der Waals surface area contributed by atoms with E-state index < -0.39 is 0 Å². The molecule has 0 aliphatic heterocycles. The first-order valence-electron chi connectivity index (χ1n) is 7.02. The molecule has 1 aromatic heterocycles. The standard InChI is InChI=1S/C16H18ClN3O/c1-19-10-13(18)8-15(19)16(21)20(14-6-7-14)9-11-2-4-12(17)5-3-11/h2-5,8,10,14H,6-7,9,18H2,1H3. The van der Waals surface area contributed by atoms with Crippen LogP contribution in [-0.2, 0) is 13.6 Å². The normalized spacial score (nSPS) is 14.2. The van der Waals surface area contributed by atoms with Crippen LogP contribution >= 0.6 is 11.6 Å². The van der Waals surface area contributed by atoms with Crippen molar-refractivity contribution < 1.29 is 4.79 Å². The molecule has 110 valence electrons. The molecule has 5 heteroatoms. The molecule has 3 rings (SSSR count). The fourth-order valence-electron chi connectivity index (χ4n) is 2.49. The van der Waals surface area contributed by atoms with Gasteiger partial charge in [0.25, 0.3) is 5.91 Å². The van der Waals surface area contributed by atoms with Gasteiger partial charge in [0, 0.05) is 30.9 Å². The van der Waals surface area contributed by atoms with E-state index in [1.54, 1.807) is 16.8 Å². The number of nitrogen functional groups attached to an aromatic ring is 1. The summed E-state index contributed by atoms with van der Waals surface area (Å²) in [7, 11) is 1.84. The molecule has 0 radical (unpaired) electrons. The molecule has 0 spiro atoms. The molecule has 0 saturated heterocycles. The highest BCUT2D eigenvalue weighted by Gasteiger charge is 2.34. The number of aryl methyl sites for hydroxylation is 1. The van der Waals surface area contributed by atoms with Crippen molar-refractivity contribution in [3.63, 3.8) is 0 Å². The third kappa shape index (κ3) is 3.05. The van der Waals surface area contributed by atoms with Gasteiger partial charge in [-0.05, 0) is 36.6 Å². The number of anilines is 1. The lowest BCUT2D eigenvalue weighted by atomic mass is 10.2. The summed E-state index contributed by atoms with van der Waals surface area (Å²) in [5.41, 5.74) is 8.10. The Morgan fingerprint density at radius 2 is 2.05 bits per heavy atom. The van der Waals surface area contributed by atoms with Crippen LogP contribution in [0.3, 0.4) is 0 Å². The minimum absolute atomic E-state index is 0.0339. The Kier molecular flexibility index (Phi) is 3.64. The molecule has 0 atom stereocenters. The maximum absolute atomic E-state index is 12.8. The lowest BCUT2D eigenvalue weighted by Crippen LogP contribution is -2.33. The van der Waals surface area contributed by atoms with Gasteiger partial charge in [-0.2, -0.15) is 0 Å². The van der Waals surface area contributed by atoms with Crippen LogP contribution in [0.15, 0.2) is 36.5 Å². The van der Waals surface area contributed by atoms with Crippen LogP contribution in [0.25, 0.3) is 0 Å². The summed E-state index contributed by atoms with van der Waals surface area (Å²) in [6.45, 7) is 0.603. The summed E-state index contributed by atoms with van der Waals surface area (Å²) in [5.74, 6) is 0.0339. The zero-order valence-corrected chi connectivity index (χ0v) is 12.7. The molecular formula is C16H18ClN3O. The van der Waals surface area contributed by atoms with Gasteiger partial charge in [0.1, 0.15) is 5.69 Å². The van der Waals surface area contributed by atoms with Crippen molar-refractivity contribution in [3.05, 3.63) is 52.8 Å². The first kappa shape index (κ1) is 14.0. The van der Waals surface area contributed by atoms with E-state index in [0.29, 0.717) is 29.0 Å². The fourth-order valence-corrected chi connectivity index (χ4v) is 2.62. The van der Waals surface area contributed by atoms with E-state index in [2.05, 4.69) is 0 Å². The predicted octanol–water partition coefficient (Wildman–Crippen LogP) is 3.07. The van der Waals surface area contributed by atoms with Crippen LogP contribution in [-0.4, -0.2) is 21.4 Å². The third-order valence-electron chi connectivity index (χ3n) is 3.76. The minimum atomic E-state index is 0.0339. The number of aromatic nitrogens is 1. The Bertz CT molecular complexity index is 659. The largest absolute Gasteiger partial charge is 0.397 e. The Hall–Kier alpha value is -1.94. The van der Waals surface area contributed by atoms with E-state index in [-0.39, 0.29) is 5.91 Å². The number of benzene rings is 1. The van der Waals surface area contributed by atoms with Gasteiger partial charge < -0.3 is 15.2 Å². The number of nitrogens with zero attached hydrogens (tertiary/aromatic N) is 2. The smallest absolute Gasteiger partial charge is 0.271 e. The predicted molar refractivity (Wildman–Crippen MR) is 84.2 cm³/mol. The SMILES string of the molecule is Cn1cc(N)cc1C(=O)N(Cc1ccc(Cl)cc1)C1CC1. The van der Waals surface area contributed by atoms with Gasteiger partial charge in [-0.25, -0.2) is 0 Å². The molecule has 1 saturated carbocycles. The van der Waals surface area contributed by atoms with Crippen LogP contribution in [0.1, 0.15) is 28.9 Å². The van der Waals surface area contributed by atoms with Gasteiger partial charge in [0.05, 0.1) is 5.69 Å². The van der Waals surface area contributed by atoms with Crippen molar-refractivity contribution in [1.82, 2.24) is 9.47 Å². The van der Waals surface area contributed by atoms with E-state index in [0.717, 1.165) is 18.4 Å². The number of carbonyl (C=O) groups is 1. The molecular weight excluding hydrogens is 286 g/mol. The van der Waals surface area contributed by atoms with Gasteiger partial charge in [-0.15, -0.1) is 0 Å². The Balaban J connectivity index is 1.83. The molecule has 2 aromatic rings. The van der Waals surface area contributed by atoms with E-state index in [9.17, 15) is 4.79 Å². The monoisotopic (exact) mass is 303 g/mol. The second-order valence-electron chi connectivity index (χ2n) is 5.56. The highest BCUT2D eigenvalue weighted by molar-refractivity contribution is 6.30. The lowest BCUT2D eigenvalue weighted by molar-refractivity contribution is 0.0720. The van der Waals surface area contributed by atoms with Crippen LogP contribution in [0.2, 0.25) is 5.02 Å². The summed E-state index contributed by atoms with van der Waals surface area (Å²) in [5, 5.41) is 0.707. The maximum atomic E-state index is 12.8. The highest BCUT2D eigenvalue weighted by Crippen LogP contribution is 2.30. The number of hydrogen-bond acceptors (Lipinski definition) is 2. The van der Waals surface area contributed by atoms with E-state index in [1.165, 1.54) is 0 Å². The summed E-state index contributed by atoms with van der Waals surface area (Å²) in [4.78, 5) is 14.7. The zero-order chi connectivity index (χ0) is 15.0. The highest BCUT2D eigenvalue weighted by atomic mass is 35.5. The molecule has 0 bridgehead atoms. The van der Waals surface area contributed by atoms with Gasteiger partial charge in [-0.1, -0.05) is 23.7 Å². The third-order valence-corrected chi connectivity index (χ3v) is 4.01. The van der Waals surface area contributed by atoms with Crippen molar-refractivity contribution in [1.29, 1.82) is 0 Å². The van der Waals surface area contributed by atoms with Crippen LogP contribution in [0.4, 0.5) is 5.69 Å². The number of carbonyl (C=O) groups excluding carboxylic acids is 1. The summed E-state index contributed by atoms with van der Waals surface area (Å²) >= 11 is 5.91. The van der Waals surface area contributed by atoms with Gasteiger partial charge in [-0.3, -0.25) is 4.79 Å². The van der Waals surface area contributed by atoms with Crippen LogP contribution < -0.4 is 5.73 Å². The molecule has 1 aliphatic rings. The second kappa shape index (κ2) is 5.45. The number of hydrogen-bond donors (Lipinski definition) is 1. The Morgan fingerprint density at radius 1 is 1.38 bits per heavy atom. The molecule has 0 unspecified atom stereocenters. The molecule has 2 N–H and O–H groups in total. The fraction of sp³-hybridized carbons (Fsp3) is 0.312. The average Bonchev–Trinajstić information content (AvgIpc) is 3.22. The number of halogens is 1. The number of nitrogens with two attached hydrogens (primary N) is 1.